The van der Waals surface area contributed by atoms with Crippen LogP contribution in [0.25, 0.3) is 0 Å². The number of rotatable bonds is 4. The minimum absolute atomic E-state index is 0.210. The van der Waals surface area contributed by atoms with E-state index in [2.05, 4.69) is 19.8 Å². The van der Waals surface area contributed by atoms with Gasteiger partial charge in [-0.3, -0.25) is 9.88 Å². The molecule has 0 radical (unpaired) electrons. The van der Waals surface area contributed by atoms with Gasteiger partial charge < -0.3 is 20.1 Å². The number of hydrogen-bond donors (Lipinski definition) is 1. The number of ether oxygens (including phenoxy) is 2. The molecule has 26 heavy (non-hydrogen) atoms. The van der Waals surface area contributed by atoms with E-state index in [9.17, 15) is 0 Å². The molecule has 0 unspecified atom stereocenters. The molecule has 3 fully saturated rings. The third-order valence-corrected chi connectivity index (χ3v) is 6.61. The monoisotopic (exact) mass is 361 g/mol. The molecule has 2 saturated heterocycles. The third-order valence-electron chi connectivity index (χ3n) is 6.61. The Bertz CT molecular complexity index is 609. The molecule has 3 heterocycles. The van der Waals surface area contributed by atoms with E-state index in [-0.39, 0.29) is 5.41 Å². The van der Waals surface area contributed by atoms with Crippen molar-refractivity contribution in [3.05, 3.63) is 12.4 Å². The van der Waals surface area contributed by atoms with Crippen LogP contribution in [0.2, 0.25) is 0 Å². The van der Waals surface area contributed by atoms with Crippen molar-refractivity contribution in [1.82, 2.24) is 14.9 Å². The Labute approximate surface area is 155 Å². The summed E-state index contributed by atoms with van der Waals surface area (Å²) in [6.07, 6.45) is 8.35. The van der Waals surface area contributed by atoms with E-state index >= 15 is 0 Å². The van der Waals surface area contributed by atoms with Crippen molar-refractivity contribution >= 4 is 11.6 Å². The summed E-state index contributed by atoms with van der Waals surface area (Å²) in [4.78, 5) is 13.7. The van der Waals surface area contributed by atoms with Crippen LogP contribution in [0.5, 0.6) is 0 Å². The van der Waals surface area contributed by atoms with E-state index in [1.807, 2.05) is 13.3 Å². The second-order valence-electron chi connectivity index (χ2n) is 8.08. The van der Waals surface area contributed by atoms with Crippen molar-refractivity contribution in [3.63, 3.8) is 0 Å². The summed E-state index contributed by atoms with van der Waals surface area (Å²) in [7, 11) is 1.83. The molecule has 1 aromatic heterocycles. The van der Waals surface area contributed by atoms with E-state index in [4.69, 9.17) is 15.2 Å². The molecular weight excluding hydrogens is 330 g/mol. The summed E-state index contributed by atoms with van der Waals surface area (Å²) < 4.78 is 11.2. The molecule has 1 aliphatic carbocycles. The van der Waals surface area contributed by atoms with E-state index in [1.54, 1.807) is 6.20 Å². The number of nitrogens with two attached hydrogens (primary N) is 1. The maximum atomic E-state index is 5.85. The lowest BCUT2D eigenvalue weighted by molar-refractivity contribution is -0.0540. The number of fused-ring (bicyclic) bond motifs is 1. The second kappa shape index (κ2) is 7.66. The smallest absolute Gasteiger partial charge is 0.149 e. The van der Waals surface area contributed by atoms with Crippen LogP contribution >= 0.6 is 0 Å². The minimum atomic E-state index is 0.210. The molecule has 1 saturated carbocycles. The molecule has 3 aliphatic rings. The fourth-order valence-corrected chi connectivity index (χ4v) is 5.27. The number of nitrogens with zero attached hydrogens (tertiary/aromatic N) is 4. The van der Waals surface area contributed by atoms with Gasteiger partial charge in [0.1, 0.15) is 11.6 Å². The largest absolute Gasteiger partial charge is 0.384 e. The van der Waals surface area contributed by atoms with Gasteiger partial charge in [-0.1, -0.05) is 0 Å². The molecular formula is C19H31N5O2. The van der Waals surface area contributed by atoms with Crippen molar-refractivity contribution in [2.24, 2.45) is 11.3 Å². The lowest BCUT2D eigenvalue weighted by Gasteiger charge is -2.54. The first-order valence-corrected chi connectivity index (χ1v) is 9.83. The summed E-state index contributed by atoms with van der Waals surface area (Å²) >= 11 is 0. The SMILES string of the molecule is COC[C@@]12CC[C@@H](N3CCOCC3)C[C@H]1CCN(c1cncc(N)n1)C2. The summed E-state index contributed by atoms with van der Waals surface area (Å²) in [5, 5.41) is 0. The number of aromatic nitrogens is 2. The Hall–Kier alpha value is -1.44. The summed E-state index contributed by atoms with van der Waals surface area (Å²) in [6.45, 7) is 6.75. The first kappa shape index (κ1) is 17.9. The molecule has 0 amide bonds. The zero-order valence-corrected chi connectivity index (χ0v) is 15.8. The predicted octanol–water partition coefficient (Wildman–Crippen LogP) is 1.40. The van der Waals surface area contributed by atoms with E-state index in [0.29, 0.717) is 17.8 Å². The van der Waals surface area contributed by atoms with Gasteiger partial charge in [-0.15, -0.1) is 0 Å². The molecule has 1 aromatic rings. The van der Waals surface area contributed by atoms with Crippen LogP contribution in [0.3, 0.4) is 0 Å². The van der Waals surface area contributed by atoms with Crippen LogP contribution in [0.4, 0.5) is 11.6 Å². The fourth-order valence-electron chi connectivity index (χ4n) is 5.27. The highest BCUT2D eigenvalue weighted by molar-refractivity contribution is 5.42. The predicted molar refractivity (Wildman–Crippen MR) is 101 cm³/mol. The molecule has 0 aromatic carbocycles. The van der Waals surface area contributed by atoms with Gasteiger partial charge in [0, 0.05) is 44.7 Å². The average Bonchev–Trinajstić information content (AvgIpc) is 2.68. The van der Waals surface area contributed by atoms with Crippen LogP contribution < -0.4 is 10.6 Å². The Morgan fingerprint density at radius 3 is 2.88 bits per heavy atom. The lowest BCUT2D eigenvalue weighted by atomic mass is 9.62. The maximum absolute atomic E-state index is 5.85. The Balaban J connectivity index is 1.49. The Kier molecular flexibility index (Phi) is 5.29. The van der Waals surface area contributed by atoms with Gasteiger partial charge in [0.05, 0.1) is 32.2 Å². The standard InChI is InChI=1S/C19H31N5O2/c1-25-14-19-4-2-16(23-6-8-26-9-7-23)10-15(19)3-5-24(13-19)18-12-21-11-17(20)22-18/h11-12,15-16H,2-10,13-14H2,1H3,(H2,20,22)/t15-,16-,19+/m1/s1. The van der Waals surface area contributed by atoms with Crippen LogP contribution in [-0.4, -0.2) is 74.0 Å². The molecule has 7 heteroatoms. The molecule has 7 nitrogen and oxygen atoms in total. The van der Waals surface area contributed by atoms with E-state index in [1.165, 1.54) is 25.7 Å². The maximum Gasteiger partial charge on any atom is 0.149 e. The van der Waals surface area contributed by atoms with Crippen molar-refractivity contribution < 1.29 is 9.47 Å². The molecule has 2 N–H and O–H groups in total. The molecule has 144 valence electrons. The zero-order valence-electron chi connectivity index (χ0n) is 15.8. The second-order valence-corrected chi connectivity index (χ2v) is 8.08. The summed E-state index contributed by atoms with van der Waals surface area (Å²) in [6, 6.07) is 0.701. The van der Waals surface area contributed by atoms with Crippen LogP contribution in [0.1, 0.15) is 25.7 Å². The van der Waals surface area contributed by atoms with Gasteiger partial charge in [-0.05, 0) is 31.6 Å². The van der Waals surface area contributed by atoms with Gasteiger partial charge in [-0.25, -0.2) is 4.98 Å². The summed E-state index contributed by atoms with van der Waals surface area (Å²) in [5.41, 5.74) is 6.06. The zero-order chi connectivity index (χ0) is 18.0. The van der Waals surface area contributed by atoms with Gasteiger partial charge in [0.2, 0.25) is 0 Å². The van der Waals surface area contributed by atoms with Gasteiger partial charge in [-0.2, -0.15) is 0 Å². The first-order chi connectivity index (χ1) is 12.7. The average molecular weight is 361 g/mol. The first-order valence-electron chi connectivity index (χ1n) is 9.83. The summed E-state index contributed by atoms with van der Waals surface area (Å²) in [5.74, 6) is 2.09. The molecule has 4 rings (SSSR count). The number of morpholine rings is 1. The normalized spacial score (nSPS) is 33.0. The number of hydrogen-bond acceptors (Lipinski definition) is 7. The van der Waals surface area contributed by atoms with E-state index < -0.39 is 0 Å². The quantitative estimate of drug-likeness (QED) is 0.869. The van der Waals surface area contributed by atoms with Crippen LogP contribution in [0.15, 0.2) is 12.4 Å². The molecule has 2 aliphatic heterocycles. The van der Waals surface area contributed by atoms with Crippen molar-refractivity contribution in [2.75, 3.05) is 63.7 Å². The minimum Gasteiger partial charge on any atom is -0.384 e. The lowest BCUT2D eigenvalue weighted by Crippen LogP contribution is -2.57. The number of nitrogen functional groups attached to an aromatic ring is 1. The van der Waals surface area contributed by atoms with Crippen molar-refractivity contribution in [2.45, 2.75) is 31.7 Å². The molecule has 0 bridgehead atoms. The van der Waals surface area contributed by atoms with Gasteiger partial charge in [0.25, 0.3) is 0 Å². The number of piperidine rings is 1. The number of anilines is 2. The van der Waals surface area contributed by atoms with Crippen LogP contribution in [0, 0.1) is 11.3 Å². The topological polar surface area (TPSA) is 76.7 Å². The van der Waals surface area contributed by atoms with Crippen molar-refractivity contribution in [1.29, 1.82) is 0 Å². The highest BCUT2D eigenvalue weighted by atomic mass is 16.5. The fraction of sp³-hybridized carbons (Fsp3) is 0.789. The highest BCUT2D eigenvalue weighted by Gasteiger charge is 2.48. The highest BCUT2D eigenvalue weighted by Crippen LogP contribution is 2.48. The van der Waals surface area contributed by atoms with Crippen LogP contribution in [-0.2, 0) is 9.47 Å². The molecule has 0 spiro atoms. The number of methoxy groups -OCH3 is 1. The third kappa shape index (κ3) is 3.52. The van der Waals surface area contributed by atoms with Gasteiger partial charge in [0.15, 0.2) is 0 Å². The Morgan fingerprint density at radius 2 is 2.12 bits per heavy atom. The van der Waals surface area contributed by atoms with Crippen molar-refractivity contribution in [3.8, 4) is 0 Å². The Morgan fingerprint density at radius 1 is 1.27 bits per heavy atom. The molecule has 3 atom stereocenters. The van der Waals surface area contributed by atoms with Gasteiger partial charge >= 0.3 is 0 Å². The van der Waals surface area contributed by atoms with E-state index in [0.717, 1.165) is 51.8 Å².